The predicted octanol–water partition coefficient (Wildman–Crippen LogP) is 4.02. The van der Waals surface area contributed by atoms with E-state index in [1.165, 1.54) is 19.3 Å². The van der Waals surface area contributed by atoms with Crippen LogP contribution in [-0.2, 0) is 0 Å². The summed E-state index contributed by atoms with van der Waals surface area (Å²) >= 11 is 0. The highest BCUT2D eigenvalue weighted by atomic mass is 14.4. The zero-order chi connectivity index (χ0) is 9.14. The minimum atomic E-state index is 0.899. The molecule has 3 atom stereocenters. The summed E-state index contributed by atoms with van der Waals surface area (Å²) in [5.74, 6) is 2.99. The third kappa shape index (κ3) is 3.00. The Morgan fingerprint density at radius 3 is 2.58 bits per heavy atom. The molecule has 0 aliphatic heterocycles. The van der Waals surface area contributed by atoms with Crippen molar-refractivity contribution in [3.8, 4) is 0 Å². The quantitative estimate of drug-likeness (QED) is 0.553. The Morgan fingerprint density at radius 2 is 2.17 bits per heavy atom. The van der Waals surface area contributed by atoms with E-state index in [2.05, 4.69) is 33.8 Å². The maximum atomic E-state index is 2.39. The normalized spacial score (nSPS) is 31.8. The average molecular weight is 166 g/mol. The van der Waals surface area contributed by atoms with Gasteiger partial charge in [0.2, 0.25) is 0 Å². The second kappa shape index (κ2) is 4.11. The number of hydrogen-bond acceptors (Lipinski definition) is 0. The second-order valence-electron chi connectivity index (χ2n) is 4.65. The van der Waals surface area contributed by atoms with Crippen LogP contribution in [0, 0.1) is 17.8 Å². The summed E-state index contributed by atoms with van der Waals surface area (Å²) in [4.78, 5) is 0. The van der Waals surface area contributed by atoms with Gasteiger partial charge in [0.15, 0.2) is 0 Å². The molecule has 1 aliphatic rings. The molecule has 0 heterocycles. The summed E-state index contributed by atoms with van der Waals surface area (Å²) < 4.78 is 0. The Kier molecular flexibility index (Phi) is 3.37. The van der Waals surface area contributed by atoms with Gasteiger partial charge in [-0.3, -0.25) is 0 Å². The lowest BCUT2D eigenvalue weighted by atomic mass is 9.96. The van der Waals surface area contributed by atoms with E-state index in [1.54, 1.807) is 5.57 Å². The molecule has 0 aromatic carbocycles. The lowest BCUT2D eigenvalue weighted by molar-refractivity contribution is 0.477. The molecular weight excluding hydrogens is 144 g/mol. The Balaban J connectivity index is 2.16. The predicted molar refractivity (Wildman–Crippen MR) is 55.1 cm³/mol. The molecule has 0 heteroatoms. The second-order valence-corrected chi connectivity index (χ2v) is 4.65. The van der Waals surface area contributed by atoms with Gasteiger partial charge in [0.05, 0.1) is 0 Å². The van der Waals surface area contributed by atoms with Crippen molar-refractivity contribution in [2.24, 2.45) is 17.8 Å². The third-order valence-electron chi connectivity index (χ3n) is 3.14. The maximum Gasteiger partial charge on any atom is -0.0297 e. The molecule has 0 aromatic heterocycles. The van der Waals surface area contributed by atoms with Crippen LogP contribution < -0.4 is 0 Å². The van der Waals surface area contributed by atoms with Gasteiger partial charge in [-0.2, -0.15) is 0 Å². The molecule has 70 valence electrons. The molecule has 0 nitrogen and oxygen atoms in total. The number of rotatable bonds is 4. The van der Waals surface area contributed by atoms with E-state index in [0.29, 0.717) is 0 Å². The van der Waals surface area contributed by atoms with Crippen molar-refractivity contribution in [1.82, 2.24) is 0 Å². The van der Waals surface area contributed by atoms with Gasteiger partial charge in [-0.05, 0) is 50.9 Å². The third-order valence-corrected chi connectivity index (χ3v) is 3.14. The monoisotopic (exact) mass is 166 g/mol. The molecule has 0 saturated heterocycles. The molecule has 1 saturated carbocycles. The SMILES string of the molecule is CC=C(C)CC(C)CC1CC1C. The highest BCUT2D eigenvalue weighted by molar-refractivity contribution is 4.97. The van der Waals surface area contributed by atoms with Gasteiger partial charge in [0.25, 0.3) is 0 Å². The van der Waals surface area contributed by atoms with E-state index in [-0.39, 0.29) is 0 Å². The summed E-state index contributed by atoms with van der Waals surface area (Å²) in [6.45, 7) is 9.15. The number of allylic oxidation sites excluding steroid dienone is 2. The topological polar surface area (TPSA) is 0 Å². The van der Waals surface area contributed by atoms with Crippen molar-refractivity contribution in [2.45, 2.75) is 47.0 Å². The van der Waals surface area contributed by atoms with Crippen LogP contribution in [0.3, 0.4) is 0 Å². The Morgan fingerprint density at radius 1 is 1.58 bits per heavy atom. The van der Waals surface area contributed by atoms with Crippen LogP contribution in [0.15, 0.2) is 11.6 Å². The average Bonchev–Trinajstić information content (AvgIpc) is 2.66. The molecule has 12 heavy (non-hydrogen) atoms. The molecule has 0 amide bonds. The first kappa shape index (κ1) is 9.83. The molecule has 1 fully saturated rings. The fraction of sp³-hybridized carbons (Fsp3) is 0.833. The van der Waals surface area contributed by atoms with Crippen LogP contribution in [0.25, 0.3) is 0 Å². The van der Waals surface area contributed by atoms with Gasteiger partial charge >= 0.3 is 0 Å². The first-order valence-electron chi connectivity index (χ1n) is 5.25. The van der Waals surface area contributed by atoms with Gasteiger partial charge in [-0.25, -0.2) is 0 Å². The standard InChI is InChI=1S/C12H22/c1-5-9(2)6-10(3)7-12-8-11(12)4/h5,10-12H,6-8H2,1-4H3. The summed E-state index contributed by atoms with van der Waals surface area (Å²) in [6, 6.07) is 0. The molecule has 0 bridgehead atoms. The molecule has 0 radical (unpaired) electrons. The van der Waals surface area contributed by atoms with E-state index in [1.807, 2.05) is 0 Å². The fourth-order valence-corrected chi connectivity index (χ4v) is 2.00. The molecular formula is C12H22. The zero-order valence-corrected chi connectivity index (χ0v) is 8.93. The minimum absolute atomic E-state index is 0.899. The van der Waals surface area contributed by atoms with Crippen LogP contribution >= 0.6 is 0 Å². The van der Waals surface area contributed by atoms with E-state index >= 15 is 0 Å². The van der Waals surface area contributed by atoms with E-state index in [4.69, 9.17) is 0 Å². The molecule has 0 spiro atoms. The molecule has 1 rings (SSSR count). The van der Waals surface area contributed by atoms with Crippen molar-refractivity contribution in [1.29, 1.82) is 0 Å². The van der Waals surface area contributed by atoms with Gasteiger partial charge in [-0.15, -0.1) is 0 Å². The summed E-state index contributed by atoms with van der Waals surface area (Å²) in [5, 5.41) is 0. The minimum Gasteiger partial charge on any atom is -0.0887 e. The van der Waals surface area contributed by atoms with Crippen molar-refractivity contribution in [3.05, 3.63) is 11.6 Å². The molecule has 0 aromatic rings. The fourth-order valence-electron chi connectivity index (χ4n) is 2.00. The van der Waals surface area contributed by atoms with Gasteiger partial charge < -0.3 is 0 Å². The Labute approximate surface area is 77.1 Å². The highest BCUT2D eigenvalue weighted by Gasteiger charge is 2.33. The maximum absolute atomic E-state index is 2.39. The van der Waals surface area contributed by atoms with E-state index in [9.17, 15) is 0 Å². The van der Waals surface area contributed by atoms with Crippen LogP contribution in [-0.4, -0.2) is 0 Å². The first-order chi connectivity index (χ1) is 5.63. The highest BCUT2D eigenvalue weighted by Crippen LogP contribution is 2.43. The van der Waals surface area contributed by atoms with Crippen LogP contribution in [0.4, 0.5) is 0 Å². The molecule has 3 unspecified atom stereocenters. The van der Waals surface area contributed by atoms with E-state index < -0.39 is 0 Å². The first-order valence-corrected chi connectivity index (χ1v) is 5.25. The van der Waals surface area contributed by atoms with Crippen molar-refractivity contribution in [2.75, 3.05) is 0 Å². The van der Waals surface area contributed by atoms with Gasteiger partial charge in [0, 0.05) is 0 Å². The lowest BCUT2D eigenvalue weighted by Crippen LogP contribution is -1.97. The van der Waals surface area contributed by atoms with Crippen LogP contribution in [0.1, 0.15) is 47.0 Å². The number of hydrogen-bond donors (Lipinski definition) is 0. The lowest BCUT2D eigenvalue weighted by Gasteiger charge is -2.10. The van der Waals surface area contributed by atoms with Gasteiger partial charge in [-0.1, -0.05) is 25.5 Å². The smallest absolute Gasteiger partial charge is 0.0297 e. The van der Waals surface area contributed by atoms with Crippen LogP contribution in [0.5, 0.6) is 0 Å². The Hall–Kier alpha value is -0.260. The van der Waals surface area contributed by atoms with Crippen molar-refractivity contribution in [3.63, 3.8) is 0 Å². The van der Waals surface area contributed by atoms with Crippen molar-refractivity contribution >= 4 is 0 Å². The van der Waals surface area contributed by atoms with Gasteiger partial charge in [0.1, 0.15) is 0 Å². The summed E-state index contributed by atoms with van der Waals surface area (Å²) in [7, 11) is 0. The van der Waals surface area contributed by atoms with E-state index in [0.717, 1.165) is 17.8 Å². The van der Waals surface area contributed by atoms with Crippen molar-refractivity contribution < 1.29 is 0 Å². The zero-order valence-electron chi connectivity index (χ0n) is 8.93. The summed E-state index contributed by atoms with van der Waals surface area (Å²) in [6.07, 6.45) is 6.48. The Bertz CT molecular complexity index is 167. The van der Waals surface area contributed by atoms with Crippen LogP contribution in [0.2, 0.25) is 0 Å². The summed E-state index contributed by atoms with van der Waals surface area (Å²) in [5.41, 5.74) is 1.55. The largest absolute Gasteiger partial charge is 0.0887 e. The molecule has 1 aliphatic carbocycles. The molecule has 0 N–H and O–H groups in total.